The van der Waals surface area contributed by atoms with Crippen molar-refractivity contribution in [2.75, 3.05) is 23.8 Å². The van der Waals surface area contributed by atoms with Crippen molar-refractivity contribution in [1.29, 1.82) is 0 Å². The molecule has 1 aliphatic rings. The van der Waals surface area contributed by atoms with Crippen molar-refractivity contribution in [3.8, 4) is 0 Å². The Kier molecular flexibility index (Phi) is 2.67. The van der Waals surface area contributed by atoms with E-state index in [2.05, 4.69) is 21.2 Å². The minimum absolute atomic E-state index is 0.0700. The number of anilines is 2. The van der Waals surface area contributed by atoms with Gasteiger partial charge in [0.1, 0.15) is 6.04 Å². The average Bonchev–Trinajstić information content (AvgIpc) is 2.32. The van der Waals surface area contributed by atoms with Crippen molar-refractivity contribution in [1.82, 2.24) is 0 Å². The Balaban J connectivity index is 2.48. The number of halogens is 1. The Morgan fingerprint density at radius 3 is 3.07 bits per heavy atom. The molecule has 0 aromatic heterocycles. The van der Waals surface area contributed by atoms with E-state index in [0.717, 1.165) is 15.8 Å². The molecule has 2 rings (SSSR count). The van der Waals surface area contributed by atoms with Gasteiger partial charge < -0.3 is 16.0 Å². The number of rotatable bonds is 0. The van der Waals surface area contributed by atoms with Crippen LogP contribution >= 0.6 is 15.9 Å². The Bertz CT molecular complexity index is 408. The van der Waals surface area contributed by atoms with E-state index in [1.165, 1.54) is 0 Å². The second kappa shape index (κ2) is 3.83. The van der Waals surface area contributed by atoms with Crippen LogP contribution in [0.25, 0.3) is 0 Å². The van der Waals surface area contributed by atoms with Crippen molar-refractivity contribution >= 4 is 33.2 Å². The molecule has 3 N–H and O–H groups in total. The summed E-state index contributed by atoms with van der Waals surface area (Å²) in [5, 5.41) is 3.15. The highest BCUT2D eigenvalue weighted by Crippen LogP contribution is 2.30. The highest BCUT2D eigenvalue weighted by Gasteiger charge is 2.24. The molecule has 0 fully saturated rings. The number of amides is 1. The van der Waals surface area contributed by atoms with Gasteiger partial charge in [-0.2, -0.15) is 0 Å². The van der Waals surface area contributed by atoms with E-state index < -0.39 is 6.04 Å². The normalized spacial score (nSPS) is 20.6. The van der Waals surface area contributed by atoms with Gasteiger partial charge in [-0.05, 0) is 18.2 Å². The lowest BCUT2D eigenvalue weighted by Gasteiger charge is -2.18. The summed E-state index contributed by atoms with van der Waals surface area (Å²) in [6, 6.07) is 5.28. The first-order valence-corrected chi connectivity index (χ1v) is 5.45. The fraction of sp³-hybridized carbons (Fsp3) is 0.300. The molecule has 0 saturated heterocycles. The molecule has 80 valence electrons. The summed E-state index contributed by atoms with van der Waals surface area (Å²) < 4.78 is 0.943. The first-order chi connectivity index (χ1) is 7.09. The first kappa shape index (κ1) is 10.4. The fourth-order valence-corrected chi connectivity index (χ4v) is 1.96. The molecule has 0 unspecified atom stereocenters. The Labute approximate surface area is 96.6 Å². The standard InChI is InChI=1S/C10H12BrN3O/c1-14-9-4-6(11)2-3-8(9)13-5-7(12)10(14)15/h2-4,7,13H,5,12H2,1H3/t7-/m0/s1. The molecule has 0 saturated carbocycles. The zero-order chi connectivity index (χ0) is 11.0. The first-order valence-electron chi connectivity index (χ1n) is 4.66. The lowest BCUT2D eigenvalue weighted by molar-refractivity contribution is -0.119. The molecule has 15 heavy (non-hydrogen) atoms. The molecule has 1 aromatic rings. The Morgan fingerprint density at radius 1 is 1.60 bits per heavy atom. The Morgan fingerprint density at radius 2 is 2.33 bits per heavy atom. The fourth-order valence-electron chi connectivity index (χ4n) is 1.61. The average molecular weight is 270 g/mol. The van der Waals surface area contributed by atoms with Gasteiger partial charge >= 0.3 is 0 Å². The van der Waals surface area contributed by atoms with Crippen LogP contribution in [0.4, 0.5) is 11.4 Å². The third-order valence-corrected chi connectivity index (χ3v) is 2.97. The predicted octanol–water partition coefficient (Wildman–Crippen LogP) is 1.16. The molecule has 1 atom stereocenters. The van der Waals surface area contributed by atoms with Crippen LogP contribution in [0.1, 0.15) is 0 Å². The van der Waals surface area contributed by atoms with E-state index in [0.29, 0.717) is 6.54 Å². The van der Waals surface area contributed by atoms with E-state index in [4.69, 9.17) is 5.73 Å². The van der Waals surface area contributed by atoms with E-state index in [-0.39, 0.29) is 5.91 Å². The summed E-state index contributed by atoms with van der Waals surface area (Å²) in [5.41, 5.74) is 7.50. The molecule has 1 heterocycles. The summed E-state index contributed by atoms with van der Waals surface area (Å²) in [5.74, 6) is -0.0700. The summed E-state index contributed by atoms with van der Waals surface area (Å²) in [6.07, 6.45) is 0. The minimum atomic E-state index is -0.485. The van der Waals surface area contributed by atoms with E-state index in [1.54, 1.807) is 11.9 Å². The molecular weight excluding hydrogens is 258 g/mol. The van der Waals surface area contributed by atoms with Crippen molar-refractivity contribution in [2.45, 2.75) is 6.04 Å². The minimum Gasteiger partial charge on any atom is -0.381 e. The zero-order valence-corrected chi connectivity index (χ0v) is 9.91. The summed E-state index contributed by atoms with van der Waals surface area (Å²) in [6.45, 7) is 0.470. The Hall–Kier alpha value is -1.07. The SMILES string of the molecule is CN1C(=O)[C@@H](N)CNc2ccc(Br)cc21. The van der Waals surface area contributed by atoms with Crippen molar-refractivity contribution in [3.05, 3.63) is 22.7 Å². The van der Waals surface area contributed by atoms with Crippen LogP contribution in [0.5, 0.6) is 0 Å². The quantitative estimate of drug-likeness (QED) is 0.744. The summed E-state index contributed by atoms with van der Waals surface area (Å²) >= 11 is 3.38. The van der Waals surface area contributed by atoms with Crippen molar-refractivity contribution in [2.24, 2.45) is 5.73 Å². The molecular formula is C10H12BrN3O. The molecule has 1 aromatic carbocycles. The van der Waals surface area contributed by atoms with Crippen LogP contribution in [-0.4, -0.2) is 25.5 Å². The second-order valence-corrected chi connectivity index (χ2v) is 4.46. The van der Waals surface area contributed by atoms with Gasteiger partial charge in [-0.3, -0.25) is 4.79 Å². The van der Waals surface area contributed by atoms with Gasteiger partial charge in [0.25, 0.3) is 0 Å². The smallest absolute Gasteiger partial charge is 0.245 e. The van der Waals surface area contributed by atoms with Gasteiger partial charge in [0.2, 0.25) is 5.91 Å². The number of nitrogens with zero attached hydrogens (tertiary/aromatic N) is 1. The summed E-state index contributed by atoms with van der Waals surface area (Å²) in [4.78, 5) is 13.4. The third-order valence-electron chi connectivity index (χ3n) is 2.48. The van der Waals surface area contributed by atoms with Crippen LogP contribution in [0.15, 0.2) is 22.7 Å². The van der Waals surface area contributed by atoms with Crippen LogP contribution < -0.4 is 16.0 Å². The topological polar surface area (TPSA) is 58.4 Å². The number of benzene rings is 1. The number of carbonyl (C=O) groups excluding carboxylic acids is 1. The number of nitrogens with one attached hydrogen (secondary N) is 1. The number of hydrogen-bond acceptors (Lipinski definition) is 3. The van der Waals surface area contributed by atoms with Crippen LogP contribution in [0.2, 0.25) is 0 Å². The van der Waals surface area contributed by atoms with Crippen LogP contribution in [0.3, 0.4) is 0 Å². The van der Waals surface area contributed by atoms with Gasteiger partial charge in [-0.1, -0.05) is 15.9 Å². The zero-order valence-electron chi connectivity index (χ0n) is 8.33. The van der Waals surface area contributed by atoms with Crippen LogP contribution in [0, 0.1) is 0 Å². The maximum Gasteiger partial charge on any atom is 0.245 e. The van der Waals surface area contributed by atoms with Crippen LogP contribution in [-0.2, 0) is 4.79 Å². The maximum absolute atomic E-state index is 11.8. The van der Waals surface area contributed by atoms with E-state index in [1.807, 2.05) is 18.2 Å². The summed E-state index contributed by atoms with van der Waals surface area (Å²) in [7, 11) is 1.74. The predicted molar refractivity (Wildman–Crippen MR) is 64.0 cm³/mol. The third kappa shape index (κ3) is 1.85. The van der Waals surface area contributed by atoms with Gasteiger partial charge in [-0.15, -0.1) is 0 Å². The molecule has 0 spiro atoms. The molecule has 0 aliphatic carbocycles. The highest BCUT2D eigenvalue weighted by atomic mass is 79.9. The number of carbonyl (C=O) groups is 1. The second-order valence-electron chi connectivity index (χ2n) is 3.55. The molecule has 1 amide bonds. The van der Waals surface area contributed by atoms with Gasteiger partial charge in [0.05, 0.1) is 11.4 Å². The van der Waals surface area contributed by atoms with Crippen molar-refractivity contribution in [3.63, 3.8) is 0 Å². The lowest BCUT2D eigenvalue weighted by Crippen LogP contribution is -2.43. The number of fused-ring (bicyclic) bond motifs is 1. The number of hydrogen-bond donors (Lipinski definition) is 2. The molecule has 4 nitrogen and oxygen atoms in total. The number of likely N-dealkylation sites (N-methyl/N-ethyl adjacent to an activating group) is 1. The highest BCUT2D eigenvalue weighted by molar-refractivity contribution is 9.10. The van der Waals surface area contributed by atoms with E-state index in [9.17, 15) is 4.79 Å². The van der Waals surface area contributed by atoms with Gasteiger partial charge in [-0.25, -0.2) is 0 Å². The molecule has 0 radical (unpaired) electrons. The van der Waals surface area contributed by atoms with Crippen molar-refractivity contribution < 1.29 is 4.79 Å². The van der Waals surface area contributed by atoms with Gasteiger partial charge in [0, 0.05) is 18.1 Å². The monoisotopic (exact) mass is 269 g/mol. The largest absolute Gasteiger partial charge is 0.381 e. The maximum atomic E-state index is 11.8. The number of nitrogens with two attached hydrogens (primary N) is 1. The molecule has 0 bridgehead atoms. The van der Waals surface area contributed by atoms with Gasteiger partial charge in [0.15, 0.2) is 0 Å². The lowest BCUT2D eigenvalue weighted by atomic mass is 10.2. The molecule has 5 heteroatoms. The molecule has 1 aliphatic heterocycles. The van der Waals surface area contributed by atoms with E-state index >= 15 is 0 Å².